The lowest BCUT2D eigenvalue weighted by molar-refractivity contribution is 0.0903. The van der Waals surface area contributed by atoms with E-state index in [1.807, 2.05) is 25.5 Å². The van der Waals surface area contributed by atoms with Crippen molar-refractivity contribution in [1.29, 1.82) is 0 Å². The van der Waals surface area contributed by atoms with Gasteiger partial charge in [0, 0.05) is 50.8 Å². The van der Waals surface area contributed by atoms with E-state index >= 15 is 0 Å². The van der Waals surface area contributed by atoms with E-state index in [9.17, 15) is 4.79 Å². The number of amides is 1. The van der Waals surface area contributed by atoms with Crippen LogP contribution in [-0.2, 0) is 33.0 Å². The average Bonchev–Trinajstić information content (AvgIpc) is 3.57. The van der Waals surface area contributed by atoms with Crippen molar-refractivity contribution in [1.82, 2.24) is 34.8 Å². The highest BCUT2D eigenvalue weighted by Crippen LogP contribution is 2.24. The van der Waals surface area contributed by atoms with E-state index in [4.69, 9.17) is 4.42 Å². The topological polar surface area (TPSA) is 94.0 Å². The second-order valence-electron chi connectivity index (χ2n) is 8.89. The summed E-state index contributed by atoms with van der Waals surface area (Å²) in [6, 6.07) is 2.02. The summed E-state index contributed by atoms with van der Waals surface area (Å²) in [5, 5.41) is 16.2. The molecule has 2 aliphatic heterocycles. The van der Waals surface area contributed by atoms with E-state index in [-0.39, 0.29) is 11.9 Å². The number of rotatable bonds is 6. The molecule has 0 aliphatic carbocycles. The Hall–Kier alpha value is -2.94. The third kappa shape index (κ3) is 4.21. The summed E-state index contributed by atoms with van der Waals surface area (Å²) < 4.78 is 9.88. The monoisotopic (exact) mass is 437 g/mol. The number of carbonyl (C=O) groups is 1. The molecule has 0 aromatic carbocycles. The van der Waals surface area contributed by atoms with Crippen molar-refractivity contribution in [3.05, 3.63) is 41.4 Å². The van der Waals surface area contributed by atoms with Crippen LogP contribution in [0.3, 0.4) is 0 Å². The van der Waals surface area contributed by atoms with Gasteiger partial charge >= 0.3 is 0 Å². The van der Waals surface area contributed by atoms with E-state index in [1.54, 1.807) is 4.68 Å². The standard InChI is InChI=1S/C23H31N7O2/c1-3-19-16(15-29-9-4-5-10-29)12-20(32-19)23(31)25-18-6-7-21-26-27-22(30(21)11-8-18)17-13-24-28(2)14-17/h12-14,18H,3-11,15H2,1-2H3,(H,25,31). The first-order chi connectivity index (χ1) is 15.6. The van der Waals surface area contributed by atoms with Crippen molar-refractivity contribution < 1.29 is 9.21 Å². The molecule has 1 atom stereocenters. The van der Waals surface area contributed by atoms with E-state index in [0.717, 1.165) is 80.4 Å². The lowest BCUT2D eigenvalue weighted by Crippen LogP contribution is -2.35. The van der Waals surface area contributed by atoms with E-state index in [2.05, 4.69) is 37.0 Å². The Bertz CT molecular complexity index is 1090. The van der Waals surface area contributed by atoms with Gasteiger partial charge in [-0.15, -0.1) is 10.2 Å². The molecule has 5 heterocycles. The summed E-state index contributed by atoms with van der Waals surface area (Å²) in [6.07, 6.45) is 9.49. The van der Waals surface area contributed by atoms with Crippen molar-refractivity contribution in [2.75, 3.05) is 13.1 Å². The minimum absolute atomic E-state index is 0.0724. The lowest BCUT2D eigenvalue weighted by atomic mass is 10.1. The Morgan fingerprint density at radius 3 is 2.81 bits per heavy atom. The first-order valence-electron chi connectivity index (χ1n) is 11.7. The highest BCUT2D eigenvalue weighted by molar-refractivity contribution is 5.92. The molecule has 0 radical (unpaired) electrons. The van der Waals surface area contributed by atoms with Crippen LogP contribution in [-0.4, -0.2) is 54.5 Å². The summed E-state index contributed by atoms with van der Waals surface area (Å²) in [5.41, 5.74) is 2.11. The van der Waals surface area contributed by atoms with Crippen LogP contribution in [0.4, 0.5) is 0 Å². The maximum Gasteiger partial charge on any atom is 0.287 e. The van der Waals surface area contributed by atoms with Crippen molar-refractivity contribution in [2.45, 2.75) is 64.6 Å². The second-order valence-corrected chi connectivity index (χ2v) is 8.89. The number of aryl methyl sites for hydroxylation is 3. The summed E-state index contributed by atoms with van der Waals surface area (Å²) in [7, 11) is 1.89. The van der Waals surface area contributed by atoms with Gasteiger partial charge in [0.1, 0.15) is 11.6 Å². The molecule has 1 amide bonds. The molecule has 2 aliphatic rings. The normalized spacial score (nSPS) is 19.1. The minimum Gasteiger partial charge on any atom is -0.456 e. The van der Waals surface area contributed by atoms with Crippen LogP contribution in [0, 0.1) is 0 Å². The zero-order chi connectivity index (χ0) is 22.1. The number of nitrogens with one attached hydrogen (secondary N) is 1. The number of hydrogen-bond acceptors (Lipinski definition) is 6. The maximum atomic E-state index is 13.0. The Morgan fingerprint density at radius 1 is 1.22 bits per heavy atom. The molecule has 0 saturated carbocycles. The highest BCUT2D eigenvalue weighted by atomic mass is 16.4. The van der Waals surface area contributed by atoms with Gasteiger partial charge in [0.05, 0.1) is 11.8 Å². The Labute approximate surface area is 187 Å². The summed E-state index contributed by atoms with van der Waals surface area (Å²) in [4.78, 5) is 15.4. The van der Waals surface area contributed by atoms with E-state index in [1.165, 1.54) is 12.8 Å². The molecule has 1 fully saturated rings. The highest BCUT2D eigenvalue weighted by Gasteiger charge is 2.25. The van der Waals surface area contributed by atoms with Gasteiger partial charge in [-0.3, -0.25) is 14.4 Å². The van der Waals surface area contributed by atoms with Gasteiger partial charge in [0.15, 0.2) is 11.6 Å². The Kier molecular flexibility index (Phi) is 5.82. The largest absolute Gasteiger partial charge is 0.456 e. The molecule has 1 N–H and O–H groups in total. The summed E-state index contributed by atoms with van der Waals surface area (Å²) in [5.74, 6) is 3.03. The number of aromatic nitrogens is 5. The zero-order valence-corrected chi connectivity index (χ0v) is 18.9. The first-order valence-corrected chi connectivity index (χ1v) is 11.7. The number of carbonyl (C=O) groups excluding carboxylic acids is 1. The molecule has 32 heavy (non-hydrogen) atoms. The second kappa shape index (κ2) is 8.90. The van der Waals surface area contributed by atoms with Crippen LogP contribution in [0.25, 0.3) is 11.4 Å². The molecule has 1 saturated heterocycles. The van der Waals surface area contributed by atoms with Crippen molar-refractivity contribution in [3.8, 4) is 11.4 Å². The molecule has 1 unspecified atom stereocenters. The molecular weight excluding hydrogens is 406 g/mol. The van der Waals surface area contributed by atoms with Crippen LogP contribution in [0.5, 0.6) is 0 Å². The van der Waals surface area contributed by atoms with Gasteiger partial charge in [-0.1, -0.05) is 6.92 Å². The smallest absolute Gasteiger partial charge is 0.287 e. The van der Waals surface area contributed by atoms with Crippen molar-refractivity contribution >= 4 is 5.91 Å². The van der Waals surface area contributed by atoms with E-state index < -0.39 is 0 Å². The third-order valence-corrected chi connectivity index (χ3v) is 6.58. The fourth-order valence-electron chi connectivity index (χ4n) is 4.83. The molecule has 3 aromatic heterocycles. The van der Waals surface area contributed by atoms with Gasteiger partial charge in [-0.2, -0.15) is 5.10 Å². The Balaban J connectivity index is 1.24. The van der Waals surface area contributed by atoms with Crippen molar-refractivity contribution in [2.24, 2.45) is 7.05 Å². The van der Waals surface area contributed by atoms with E-state index in [0.29, 0.717) is 5.76 Å². The third-order valence-electron chi connectivity index (χ3n) is 6.58. The van der Waals surface area contributed by atoms with Crippen LogP contribution in [0.2, 0.25) is 0 Å². The quantitative estimate of drug-likeness (QED) is 0.637. The molecule has 0 spiro atoms. The van der Waals surface area contributed by atoms with Crippen LogP contribution < -0.4 is 5.32 Å². The molecular formula is C23H31N7O2. The minimum atomic E-state index is -0.123. The summed E-state index contributed by atoms with van der Waals surface area (Å²) in [6.45, 7) is 5.96. The van der Waals surface area contributed by atoms with Gasteiger partial charge < -0.3 is 14.3 Å². The van der Waals surface area contributed by atoms with Crippen LogP contribution in [0.15, 0.2) is 22.9 Å². The molecule has 170 valence electrons. The fraction of sp³-hybridized carbons (Fsp3) is 0.565. The number of likely N-dealkylation sites (tertiary alicyclic amines) is 1. The summed E-state index contributed by atoms with van der Waals surface area (Å²) >= 11 is 0. The average molecular weight is 438 g/mol. The van der Waals surface area contributed by atoms with Gasteiger partial charge in [-0.25, -0.2) is 0 Å². The SMILES string of the molecule is CCc1oc(C(=O)NC2CCc3nnc(-c4cnn(C)c4)n3CC2)cc1CN1CCCC1. The molecule has 0 bridgehead atoms. The van der Waals surface area contributed by atoms with Gasteiger partial charge in [-0.05, 0) is 44.8 Å². The lowest BCUT2D eigenvalue weighted by Gasteiger charge is -2.15. The van der Waals surface area contributed by atoms with Crippen LogP contribution >= 0.6 is 0 Å². The number of furan rings is 1. The number of hydrogen-bond donors (Lipinski definition) is 1. The molecule has 5 rings (SSSR count). The zero-order valence-electron chi connectivity index (χ0n) is 18.9. The fourth-order valence-corrected chi connectivity index (χ4v) is 4.83. The first kappa shape index (κ1) is 20.9. The molecule has 9 nitrogen and oxygen atoms in total. The molecule has 3 aromatic rings. The van der Waals surface area contributed by atoms with Crippen LogP contribution in [0.1, 0.15) is 60.3 Å². The van der Waals surface area contributed by atoms with Crippen molar-refractivity contribution in [3.63, 3.8) is 0 Å². The van der Waals surface area contributed by atoms with Gasteiger partial charge in [0.25, 0.3) is 5.91 Å². The predicted octanol–water partition coefficient (Wildman–Crippen LogP) is 2.56. The number of fused-ring (bicyclic) bond motifs is 1. The number of nitrogens with zero attached hydrogens (tertiary/aromatic N) is 6. The maximum absolute atomic E-state index is 13.0. The molecule has 9 heteroatoms. The Morgan fingerprint density at radius 2 is 2.06 bits per heavy atom. The van der Waals surface area contributed by atoms with Gasteiger partial charge in [0.2, 0.25) is 0 Å². The predicted molar refractivity (Wildman–Crippen MR) is 119 cm³/mol.